The lowest BCUT2D eigenvalue weighted by molar-refractivity contribution is -0.449. The Balaban J connectivity index is 1.96. The summed E-state index contributed by atoms with van der Waals surface area (Å²) in [4.78, 5) is 3.41. The molecular formula is C13H17N2O+. The highest BCUT2D eigenvalue weighted by atomic mass is 16.5. The van der Waals surface area contributed by atoms with E-state index in [4.69, 9.17) is 4.74 Å². The summed E-state index contributed by atoms with van der Waals surface area (Å²) in [5, 5.41) is 3.41. The zero-order valence-corrected chi connectivity index (χ0v) is 9.55. The van der Waals surface area contributed by atoms with Crippen LogP contribution in [-0.2, 0) is 6.42 Å². The van der Waals surface area contributed by atoms with E-state index in [0.717, 1.165) is 37.5 Å². The van der Waals surface area contributed by atoms with E-state index in [1.165, 1.54) is 5.56 Å². The summed E-state index contributed by atoms with van der Waals surface area (Å²) in [7, 11) is 0. The van der Waals surface area contributed by atoms with Gasteiger partial charge in [-0.25, -0.2) is 0 Å². The molecule has 3 heteroatoms. The molecule has 0 amide bonds. The molecule has 0 fully saturated rings. The molecule has 2 aliphatic heterocycles. The summed E-state index contributed by atoms with van der Waals surface area (Å²) in [6.45, 7) is 4.17. The standard InChI is InChI=1S/C13H16N2O/c1-2-13(12-14-7-8-15-12)9-10-5-3-4-6-11(10)16-13/h3-6H,2,7-9H2,1H3,(H,14,15)/p+1. The van der Waals surface area contributed by atoms with Gasteiger partial charge in [-0.15, -0.1) is 0 Å². The van der Waals surface area contributed by atoms with Crippen molar-refractivity contribution in [3.05, 3.63) is 29.8 Å². The normalized spacial score (nSPS) is 26.9. The van der Waals surface area contributed by atoms with Crippen LogP contribution in [0.4, 0.5) is 0 Å². The molecule has 1 aromatic rings. The van der Waals surface area contributed by atoms with Gasteiger partial charge < -0.3 is 4.74 Å². The van der Waals surface area contributed by atoms with E-state index < -0.39 is 0 Å². The van der Waals surface area contributed by atoms with Gasteiger partial charge in [0.1, 0.15) is 18.8 Å². The van der Waals surface area contributed by atoms with Crippen molar-refractivity contribution in [2.45, 2.75) is 25.4 Å². The first kappa shape index (κ1) is 9.70. The smallest absolute Gasteiger partial charge is 0.288 e. The summed E-state index contributed by atoms with van der Waals surface area (Å²) < 4.78 is 6.17. The van der Waals surface area contributed by atoms with Crippen LogP contribution in [0.15, 0.2) is 24.3 Å². The lowest BCUT2D eigenvalue weighted by atomic mass is 9.93. The van der Waals surface area contributed by atoms with Gasteiger partial charge in [-0.3, -0.25) is 10.3 Å². The first-order valence-electron chi connectivity index (χ1n) is 5.96. The van der Waals surface area contributed by atoms with Crippen molar-refractivity contribution in [1.29, 1.82) is 0 Å². The molecule has 84 valence electrons. The summed E-state index contributed by atoms with van der Waals surface area (Å²) in [5.41, 5.74) is 1.13. The SMILES string of the molecule is CCC1(C2=[NH+]CCN2)Cc2ccccc2O1. The predicted octanol–water partition coefficient (Wildman–Crippen LogP) is -0.147. The average Bonchev–Trinajstić information content (AvgIpc) is 2.96. The van der Waals surface area contributed by atoms with Crippen LogP contribution in [-0.4, -0.2) is 24.5 Å². The minimum Gasteiger partial charge on any atom is -0.474 e. The van der Waals surface area contributed by atoms with E-state index >= 15 is 0 Å². The Morgan fingerprint density at radius 2 is 2.31 bits per heavy atom. The fraction of sp³-hybridized carbons (Fsp3) is 0.462. The van der Waals surface area contributed by atoms with Crippen molar-refractivity contribution in [1.82, 2.24) is 5.32 Å². The van der Waals surface area contributed by atoms with Gasteiger partial charge in [-0.05, 0) is 18.1 Å². The highest BCUT2D eigenvalue weighted by Gasteiger charge is 2.47. The minimum absolute atomic E-state index is 0.180. The maximum Gasteiger partial charge on any atom is 0.288 e. The fourth-order valence-electron chi connectivity index (χ4n) is 2.58. The van der Waals surface area contributed by atoms with Gasteiger partial charge in [0, 0.05) is 6.42 Å². The maximum atomic E-state index is 6.17. The molecule has 1 atom stereocenters. The van der Waals surface area contributed by atoms with Crippen LogP contribution in [0.25, 0.3) is 0 Å². The Morgan fingerprint density at radius 1 is 1.44 bits per heavy atom. The predicted molar refractivity (Wildman–Crippen MR) is 62.6 cm³/mol. The maximum absolute atomic E-state index is 6.17. The van der Waals surface area contributed by atoms with Gasteiger partial charge in [-0.2, -0.15) is 0 Å². The largest absolute Gasteiger partial charge is 0.474 e. The van der Waals surface area contributed by atoms with Crippen LogP contribution >= 0.6 is 0 Å². The third-order valence-corrected chi connectivity index (χ3v) is 3.51. The highest BCUT2D eigenvalue weighted by molar-refractivity contribution is 5.88. The first-order valence-corrected chi connectivity index (χ1v) is 5.96. The van der Waals surface area contributed by atoms with Crippen molar-refractivity contribution in [3.63, 3.8) is 0 Å². The van der Waals surface area contributed by atoms with Crippen LogP contribution < -0.4 is 15.0 Å². The number of para-hydroxylation sites is 1. The van der Waals surface area contributed by atoms with Crippen LogP contribution in [0.3, 0.4) is 0 Å². The Bertz CT molecular complexity index is 414. The van der Waals surface area contributed by atoms with Crippen LogP contribution in [0.1, 0.15) is 18.9 Å². The van der Waals surface area contributed by atoms with E-state index in [1.807, 2.05) is 6.07 Å². The molecule has 2 heterocycles. The number of fused-ring (bicyclic) bond motifs is 1. The van der Waals surface area contributed by atoms with Crippen molar-refractivity contribution in [3.8, 4) is 5.75 Å². The average molecular weight is 217 g/mol. The molecule has 1 aromatic carbocycles. The molecule has 2 N–H and O–H groups in total. The Morgan fingerprint density at radius 3 is 3.00 bits per heavy atom. The van der Waals surface area contributed by atoms with Gasteiger partial charge in [0.25, 0.3) is 5.84 Å². The highest BCUT2D eigenvalue weighted by Crippen LogP contribution is 2.36. The summed E-state index contributed by atoms with van der Waals surface area (Å²) in [5.74, 6) is 2.19. The van der Waals surface area contributed by atoms with E-state index in [-0.39, 0.29) is 5.60 Å². The van der Waals surface area contributed by atoms with Gasteiger partial charge in [0.2, 0.25) is 5.60 Å². The third-order valence-electron chi connectivity index (χ3n) is 3.51. The zero-order valence-electron chi connectivity index (χ0n) is 9.55. The second-order valence-electron chi connectivity index (χ2n) is 4.46. The second-order valence-corrected chi connectivity index (χ2v) is 4.46. The first-order chi connectivity index (χ1) is 7.84. The van der Waals surface area contributed by atoms with Crippen molar-refractivity contribution < 1.29 is 9.73 Å². The molecule has 0 aromatic heterocycles. The molecule has 1 unspecified atom stereocenters. The monoisotopic (exact) mass is 217 g/mol. The Labute approximate surface area is 95.5 Å². The number of nitrogens with one attached hydrogen (secondary N) is 2. The van der Waals surface area contributed by atoms with Crippen LogP contribution in [0, 0.1) is 0 Å². The van der Waals surface area contributed by atoms with Crippen molar-refractivity contribution in [2.75, 3.05) is 13.1 Å². The van der Waals surface area contributed by atoms with Gasteiger partial charge in [0.05, 0.1) is 0 Å². The lowest BCUT2D eigenvalue weighted by Gasteiger charge is -2.23. The number of amidine groups is 1. The van der Waals surface area contributed by atoms with Crippen molar-refractivity contribution >= 4 is 5.84 Å². The molecule has 3 rings (SSSR count). The van der Waals surface area contributed by atoms with Crippen LogP contribution in [0.2, 0.25) is 0 Å². The molecule has 0 radical (unpaired) electrons. The molecule has 16 heavy (non-hydrogen) atoms. The third kappa shape index (κ3) is 1.31. The number of hydrogen-bond acceptors (Lipinski definition) is 2. The lowest BCUT2D eigenvalue weighted by Crippen LogP contribution is -2.76. The molecule has 0 saturated carbocycles. The topological polar surface area (TPSA) is 35.2 Å². The van der Waals surface area contributed by atoms with E-state index in [2.05, 4.69) is 35.4 Å². The fourth-order valence-corrected chi connectivity index (χ4v) is 2.58. The summed E-state index contributed by atoms with van der Waals surface area (Å²) >= 11 is 0. The number of benzene rings is 1. The van der Waals surface area contributed by atoms with E-state index in [1.54, 1.807) is 0 Å². The second kappa shape index (κ2) is 3.51. The molecule has 0 bridgehead atoms. The van der Waals surface area contributed by atoms with E-state index in [9.17, 15) is 0 Å². The molecule has 0 aliphatic carbocycles. The van der Waals surface area contributed by atoms with Gasteiger partial charge >= 0.3 is 0 Å². The number of rotatable bonds is 2. The Kier molecular flexibility index (Phi) is 2.13. The Hall–Kier alpha value is -1.51. The van der Waals surface area contributed by atoms with Crippen molar-refractivity contribution in [2.24, 2.45) is 0 Å². The molecule has 2 aliphatic rings. The van der Waals surface area contributed by atoms with Gasteiger partial charge in [-0.1, -0.05) is 25.1 Å². The number of ether oxygens (including phenoxy) is 1. The minimum atomic E-state index is -0.180. The van der Waals surface area contributed by atoms with E-state index in [0.29, 0.717) is 0 Å². The molecule has 0 spiro atoms. The van der Waals surface area contributed by atoms with Crippen LogP contribution in [0.5, 0.6) is 5.75 Å². The summed E-state index contributed by atoms with van der Waals surface area (Å²) in [6, 6.07) is 8.32. The number of hydrogen-bond donors (Lipinski definition) is 2. The molecule has 0 saturated heterocycles. The molecule has 3 nitrogen and oxygen atoms in total. The zero-order chi connectivity index (χ0) is 11.0. The molecular weight excluding hydrogens is 200 g/mol. The quantitative estimate of drug-likeness (QED) is 0.723. The van der Waals surface area contributed by atoms with Gasteiger partial charge in [0.15, 0.2) is 0 Å². The summed E-state index contributed by atoms with van der Waals surface area (Å²) in [6.07, 6.45) is 1.95.